The van der Waals surface area contributed by atoms with E-state index in [0.29, 0.717) is 17.1 Å². The minimum absolute atomic E-state index is 0.142. The zero-order valence-corrected chi connectivity index (χ0v) is 11.8. The van der Waals surface area contributed by atoms with Crippen LogP contribution in [0.1, 0.15) is 11.3 Å². The number of fused-ring (bicyclic) bond motifs is 1. The third-order valence-electron chi connectivity index (χ3n) is 2.73. The minimum atomic E-state index is -1.03. The first-order chi connectivity index (χ1) is 9.47. The second-order valence-corrected chi connectivity index (χ2v) is 5.51. The Bertz CT molecular complexity index is 699. The average molecular weight is 293 g/mol. The maximum atomic E-state index is 12.0. The normalized spacial score (nSPS) is 12.5. The Morgan fingerprint density at radius 1 is 1.55 bits per heavy atom. The van der Waals surface area contributed by atoms with E-state index in [1.54, 1.807) is 12.3 Å². The standard InChI is InChI=1S/C13H15N3O3S/c1-8-2-3-11-15-9(4-12(17)16(11)5-8)6-20-7-10(14)13(18)19/h2-5,10H,6-7,14H2,1H3,(H,18,19). The minimum Gasteiger partial charge on any atom is -0.480 e. The molecular formula is C13H15N3O3S. The van der Waals surface area contributed by atoms with Crippen LogP contribution in [-0.4, -0.2) is 32.3 Å². The summed E-state index contributed by atoms with van der Waals surface area (Å²) in [7, 11) is 0. The van der Waals surface area contributed by atoms with Crippen LogP contribution in [0, 0.1) is 6.92 Å². The molecule has 3 N–H and O–H groups in total. The Kier molecular flexibility index (Phi) is 4.41. The van der Waals surface area contributed by atoms with Gasteiger partial charge in [-0.15, -0.1) is 0 Å². The Hall–Kier alpha value is -1.86. The largest absolute Gasteiger partial charge is 0.480 e. The summed E-state index contributed by atoms with van der Waals surface area (Å²) in [5.41, 5.74) is 7.46. The number of pyridine rings is 1. The van der Waals surface area contributed by atoms with Gasteiger partial charge in [-0.05, 0) is 18.6 Å². The molecule has 0 aromatic carbocycles. The summed E-state index contributed by atoms with van der Waals surface area (Å²) in [6, 6.07) is 4.24. The Morgan fingerprint density at radius 3 is 3.00 bits per heavy atom. The maximum absolute atomic E-state index is 12.0. The van der Waals surface area contributed by atoms with Gasteiger partial charge in [0, 0.05) is 23.8 Å². The fraction of sp³-hybridized carbons (Fsp3) is 0.308. The number of carbonyl (C=O) groups is 1. The highest BCUT2D eigenvalue weighted by Crippen LogP contribution is 2.11. The van der Waals surface area contributed by atoms with Crippen LogP contribution in [0.5, 0.6) is 0 Å². The summed E-state index contributed by atoms with van der Waals surface area (Å²) in [6.07, 6.45) is 1.74. The van der Waals surface area contributed by atoms with Crippen molar-refractivity contribution in [2.75, 3.05) is 5.75 Å². The number of carboxylic acid groups (broad SMARTS) is 1. The molecule has 0 aliphatic rings. The molecule has 2 aromatic rings. The van der Waals surface area contributed by atoms with Crippen LogP contribution in [0.25, 0.3) is 5.65 Å². The third-order valence-corrected chi connectivity index (χ3v) is 3.82. The second-order valence-electron chi connectivity index (χ2n) is 4.48. The molecule has 2 rings (SSSR count). The van der Waals surface area contributed by atoms with Crippen LogP contribution < -0.4 is 11.3 Å². The van der Waals surface area contributed by atoms with Gasteiger partial charge in [0.15, 0.2) is 0 Å². The molecule has 0 aliphatic carbocycles. The van der Waals surface area contributed by atoms with E-state index in [1.807, 2.05) is 13.0 Å². The molecule has 0 bridgehead atoms. The highest BCUT2D eigenvalue weighted by atomic mass is 32.2. The van der Waals surface area contributed by atoms with Crippen molar-refractivity contribution < 1.29 is 9.90 Å². The van der Waals surface area contributed by atoms with Crippen LogP contribution in [0.15, 0.2) is 29.2 Å². The van der Waals surface area contributed by atoms with E-state index >= 15 is 0 Å². The molecule has 0 amide bonds. The Morgan fingerprint density at radius 2 is 2.30 bits per heavy atom. The fourth-order valence-electron chi connectivity index (χ4n) is 1.69. The van der Waals surface area contributed by atoms with Crippen molar-refractivity contribution in [1.82, 2.24) is 9.38 Å². The van der Waals surface area contributed by atoms with Gasteiger partial charge in [0.25, 0.3) is 5.56 Å². The van der Waals surface area contributed by atoms with E-state index in [0.717, 1.165) is 5.56 Å². The topological polar surface area (TPSA) is 97.7 Å². The second kappa shape index (κ2) is 6.06. The first kappa shape index (κ1) is 14.5. The monoisotopic (exact) mass is 293 g/mol. The van der Waals surface area contributed by atoms with Gasteiger partial charge >= 0.3 is 5.97 Å². The molecule has 0 saturated carbocycles. The predicted molar refractivity (Wildman–Crippen MR) is 78.0 cm³/mol. The van der Waals surface area contributed by atoms with Gasteiger partial charge in [-0.2, -0.15) is 11.8 Å². The number of hydrogen-bond donors (Lipinski definition) is 2. The number of hydrogen-bond acceptors (Lipinski definition) is 5. The van der Waals surface area contributed by atoms with Gasteiger partial charge in [-0.1, -0.05) is 6.07 Å². The van der Waals surface area contributed by atoms with Gasteiger partial charge in [-0.25, -0.2) is 4.98 Å². The zero-order valence-electron chi connectivity index (χ0n) is 10.9. The lowest BCUT2D eigenvalue weighted by Gasteiger charge is -2.07. The summed E-state index contributed by atoms with van der Waals surface area (Å²) in [4.78, 5) is 26.9. The highest BCUT2D eigenvalue weighted by Gasteiger charge is 2.11. The first-order valence-corrected chi connectivity index (χ1v) is 7.18. The summed E-state index contributed by atoms with van der Waals surface area (Å²) in [5.74, 6) is -0.287. The summed E-state index contributed by atoms with van der Waals surface area (Å²) >= 11 is 1.35. The molecule has 0 radical (unpaired) electrons. The van der Waals surface area contributed by atoms with Crippen LogP contribution in [0.4, 0.5) is 0 Å². The molecule has 7 heteroatoms. The molecule has 20 heavy (non-hydrogen) atoms. The van der Waals surface area contributed by atoms with Crippen molar-refractivity contribution in [3.05, 3.63) is 46.0 Å². The molecule has 0 saturated heterocycles. The molecule has 0 aliphatic heterocycles. The van der Waals surface area contributed by atoms with E-state index in [1.165, 1.54) is 22.2 Å². The van der Waals surface area contributed by atoms with Crippen LogP contribution in [0.2, 0.25) is 0 Å². The predicted octanol–water partition coefficient (Wildman–Crippen LogP) is 0.648. The van der Waals surface area contributed by atoms with Crippen LogP contribution in [-0.2, 0) is 10.5 Å². The summed E-state index contributed by atoms with van der Waals surface area (Å²) in [6.45, 7) is 1.91. The van der Waals surface area contributed by atoms with Gasteiger partial charge in [0.05, 0.1) is 5.69 Å². The molecule has 106 valence electrons. The van der Waals surface area contributed by atoms with E-state index in [9.17, 15) is 9.59 Å². The number of carboxylic acids is 1. The van der Waals surface area contributed by atoms with E-state index < -0.39 is 12.0 Å². The fourth-order valence-corrected chi connectivity index (χ4v) is 2.57. The molecule has 6 nitrogen and oxygen atoms in total. The van der Waals surface area contributed by atoms with Gasteiger partial charge in [-0.3, -0.25) is 14.0 Å². The number of nitrogens with two attached hydrogens (primary N) is 1. The molecule has 2 heterocycles. The van der Waals surface area contributed by atoms with Gasteiger partial charge < -0.3 is 10.8 Å². The lowest BCUT2D eigenvalue weighted by molar-refractivity contribution is -0.137. The number of nitrogens with zero attached hydrogens (tertiary/aromatic N) is 2. The first-order valence-electron chi connectivity index (χ1n) is 6.02. The van der Waals surface area contributed by atoms with Crippen molar-refractivity contribution in [2.45, 2.75) is 18.7 Å². The lowest BCUT2D eigenvalue weighted by atomic mass is 10.3. The van der Waals surface area contributed by atoms with E-state index in [4.69, 9.17) is 10.8 Å². The van der Waals surface area contributed by atoms with E-state index in [-0.39, 0.29) is 11.3 Å². The Balaban J connectivity index is 2.14. The molecule has 0 spiro atoms. The number of aliphatic carboxylic acids is 1. The van der Waals surface area contributed by atoms with Crippen molar-refractivity contribution in [3.8, 4) is 0 Å². The zero-order chi connectivity index (χ0) is 14.7. The number of aromatic nitrogens is 2. The molecule has 1 atom stereocenters. The van der Waals surface area contributed by atoms with Crippen molar-refractivity contribution >= 4 is 23.4 Å². The number of thioether (sulfide) groups is 1. The molecule has 2 aromatic heterocycles. The maximum Gasteiger partial charge on any atom is 0.321 e. The lowest BCUT2D eigenvalue weighted by Crippen LogP contribution is -2.32. The Labute approximate surface area is 119 Å². The van der Waals surface area contributed by atoms with Crippen LogP contribution >= 0.6 is 11.8 Å². The quantitative estimate of drug-likeness (QED) is 0.840. The summed E-state index contributed by atoms with van der Waals surface area (Å²) in [5, 5.41) is 8.68. The average Bonchev–Trinajstić information content (AvgIpc) is 2.39. The molecule has 1 unspecified atom stereocenters. The van der Waals surface area contributed by atoms with Crippen molar-refractivity contribution in [3.63, 3.8) is 0 Å². The van der Waals surface area contributed by atoms with Crippen molar-refractivity contribution in [1.29, 1.82) is 0 Å². The van der Waals surface area contributed by atoms with Gasteiger partial charge in [0.2, 0.25) is 0 Å². The smallest absolute Gasteiger partial charge is 0.321 e. The van der Waals surface area contributed by atoms with E-state index in [2.05, 4.69) is 4.98 Å². The van der Waals surface area contributed by atoms with Gasteiger partial charge in [0.1, 0.15) is 11.7 Å². The SMILES string of the molecule is Cc1ccc2nc(CSCC(N)C(=O)O)cc(=O)n2c1. The molecular weight excluding hydrogens is 278 g/mol. The highest BCUT2D eigenvalue weighted by molar-refractivity contribution is 7.98. The number of aryl methyl sites for hydroxylation is 1. The number of rotatable bonds is 5. The summed E-state index contributed by atoms with van der Waals surface area (Å²) < 4.78 is 1.49. The molecule has 0 fully saturated rings. The third kappa shape index (κ3) is 3.37. The van der Waals surface area contributed by atoms with Crippen molar-refractivity contribution in [2.24, 2.45) is 5.73 Å². The van der Waals surface area contributed by atoms with Crippen LogP contribution in [0.3, 0.4) is 0 Å².